The largest absolute Gasteiger partial charge is 0.0629 e. The Labute approximate surface area is 337 Å². The minimum absolute atomic E-state index is 0.203. The summed E-state index contributed by atoms with van der Waals surface area (Å²) in [5, 5.41) is 7.41. The van der Waals surface area contributed by atoms with E-state index in [1.807, 2.05) is 36.4 Å². The van der Waals surface area contributed by atoms with Gasteiger partial charge in [0.05, 0.1) is 11.0 Å². The van der Waals surface area contributed by atoms with Crippen molar-refractivity contribution in [3.63, 3.8) is 0 Å². The first-order valence-electron chi connectivity index (χ1n) is 22.8. The maximum Gasteiger partial charge on any atom is 0.0629 e. The molecule has 0 saturated heterocycles. The molecule has 0 radical (unpaired) electrons. The van der Waals surface area contributed by atoms with Crippen LogP contribution < -0.4 is 0 Å². The molecular weight excluding hydrogens is 673 g/mol. The second-order valence-corrected chi connectivity index (χ2v) is 14.2. The average molecular weight is 717 g/mol. The molecule has 0 spiro atoms. The molecule has 0 heterocycles. The molecule has 0 saturated carbocycles. The third-order valence-electron chi connectivity index (χ3n) is 11.1. The van der Waals surface area contributed by atoms with Crippen LogP contribution in [-0.4, -0.2) is 0 Å². The Hall–Kier alpha value is -7.28. The second-order valence-electron chi connectivity index (χ2n) is 14.2. The maximum absolute atomic E-state index is 9.27. The van der Waals surface area contributed by atoms with Gasteiger partial charge >= 0.3 is 0 Å². The molecule has 0 bridgehead atoms. The van der Waals surface area contributed by atoms with E-state index in [2.05, 4.69) is 109 Å². The molecule has 0 amide bonds. The highest BCUT2D eigenvalue weighted by atomic mass is 14.2. The predicted octanol–water partition coefficient (Wildman–Crippen LogP) is 15.8. The zero-order valence-electron chi connectivity index (χ0n) is 38.2. The summed E-state index contributed by atoms with van der Waals surface area (Å²) in [6.45, 7) is 0. The van der Waals surface area contributed by atoms with Gasteiger partial charge in [-0.3, -0.25) is 0 Å². The maximum atomic E-state index is 9.27. The van der Waals surface area contributed by atoms with Gasteiger partial charge in [0, 0.05) is 0 Å². The van der Waals surface area contributed by atoms with Crippen LogP contribution in [0.3, 0.4) is 0 Å². The molecule has 56 heavy (non-hydrogen) atoms. The highest BCUT2D eigenvalue weighted by Crippen LogP contribution is 2.46. The standard InChI is InChI=1S/C56H36/c1-3-15-38(16-4-1)53-45-19-7-9-21-47(45)55(48-22-10-8-20-46(48)53)40-29-27-37(28-30-40)41-31-32-43-36-44(34-33-42(43)35-41)56-51-25-13-11-23-49(51)54(39-17-5-2-6-18-39)50-24-12-14-26-52(50)56/h1-36H/i11D,12D,13D,14D,23D,24D,25D,26D. The first-order valence-corrected chi connectivity index (χ1v) is 18.8. The summed E-state index contributed by atoms with van der Waals surface area (Å²) in [6, 6.07) is 54.8. The van der Waals surface area contributed by atoms with Crippen molar-refractivity contribution in [3.05, 3.63) is 218 Å². The minimum atomic E-state index is -0.417. The molecule has 0 fully saturated rings. The van der Waals surface area contributed by atoms with Crippen LogP contribution >= 0.6 is 0 Å². The number of hydrogen-bond acceptors (Lipinski definition) is 0. The molecule has 0 aliphatic carbocycles. The summed E-state index contributed by atoms with van der Waals surface area (Å²) >= 11 is 0. The number of rotatable bonds is 5. The molecule has 0 unspecified atom stereocenters. The van der Waals surface area contributed by atoms with Gasteiger partial charge in [0.25, 0.3) is 0 Å². The Morgan fingerprint density at radius 2 is 0.536 bits per heavy atom. The van der Waals surface area contributed by atoms with E-state index in [0.717, 1.165) is 27.5 Å². The molecule has 11 aromatic rings. The van der Waals surface area contributed by atoms with E-state index in [-0.39, 0.29) is 45.7 Å². The Morgan fingerprint density at radius 1 is 0.232 bits per heavy atom. The van der Waals surface area contributed by atoms with E-state index in [1.54, 1.807) is 24.3 Å². The van der Waals surface area contributed by atoms with Gasteiger partial charge in [-0.15, -0.1) is 0 Å². The highest BCUT2D eigenvalue weighted by Gasteiger charge is 2.18. The molecule has 0 heteroatoms. The Balaban J connectivity index is 1.07. The number of fused-ring (bicyclic) bond motifs is 5. The molecular formula is C56H36. The van der Waals surface area contributed by atoms with Gasteiger partial charge in [-0.1, -0.05) is 206 Å². The average Bonchev–Trinajstić information content (AvgIpc) is 3.34. The molecule has 0 aromatic heterocycles. The summed E-state index contributed by atoms with van der Waals surface area (Å²) in [5.41, 5.74) is 8.63. The lowest BCUT2D eigenvalue weighted by Gasteiger charge is -2.18. The van der Waals surface area contributed by atoms with Crippen LogP contribution in [0.1, 0.15) is 11.0 Å². The lowest BCUT2D eigenvalue weighted by Crippen LogP contribution is -1.91. The van der Waals surface area contributed by atoms with Gasteiger partial charge in [0.15, 0.2) is 0 Å². The van der Waals surface area contributed by atoms with Crippen LogP contribution in [0, 0.1) is 0 Å². The Kier molecular flexibility index (Phi) is 5.89. The van der Waals surface area contributed by atoms with Crippen molar-refractivity contribution in [2.45, 2.75) is 0 Å². The van der Waals surface area contributed by atoms with Crippen LogP contribution in [0.15, 0.2) is 218 Å². The van der Waals surface area contributed by atoms with Crippen molar-refractivity contribution in [3.8, 4) is 55.6 Å². The monoisotopic (exact) mass is 716 g/mol. The van der Waals surface area contributed by atoms with Gasteiger partial charge in [-0.05, 0) is 122 Å². The Morgan fingerprint density at radius 3 is 0.982 bits per heavy atom. The summed E-state index contributed by atoms with van der Waals surface area (Å²) in [5.74, 6) is 0. The van der Waals surface area contributed by atoms with Crippen LogP contribution in [0.25, 0.3) is 109 Å². The fourth-order valence-electron chi connectivity index (χ4n) is 8.57. The summed E-state index contributed by atoms with van der Waals surface area (Å²) < 4.78 is 71.8. The topological polar surface area (TPSA) is 0 Å². The molecule has 11 rings (SSSR count). The van der Waals surface area contributed by atoms with Crippen LogP contribution in [0.4, 0.5) is 0 Å². The van der Waals surface area contributed by atoms with Crippen molar-refractivity contribution in [1.82, 2.24) is 0 Å². The molecule has 0 aliphatic heterocycles. The van der Waals surface area contributed by atoms with Crippen molar-refractivity contribution < 1.29 is 11.0 Å². The molecule has 0 nitrogen and oxygen atoms in total. The van der Waals surface area contributed by atoms with Gasteiger partial charge in [0.2, 0.25) is 0 Å². The first kappa shape index (κ1) is 24.9. The zero-order valence-corrected chi connectivity index (χ0v) is 30.2. The van der Waals surface area contributed by atoms with Gasteiger partial charge in [-0.25, -0.2) is 0 Å². The minimum Gasteiger partial charge on any atom is -0.0622 e. The van der Waals surface area contributed by atoms with Crippen molar-refractivity contribution >= 4 is 53.9 Å². The summed E-state index contributed by atoms with van der Waals surface area (Å²) in [7, 11) is 0. The van der Waals surface area contributed by atoms with E-state index in [1.165, 1.54) is 38.2 Å². The van der Waals surface area contributed by atoms with Gasteiger partial charge in [0.1, 0.15) is 0 Å². The van der Waals surface area contributed by atoms with E-state index in [9.17, 15) is 5.48 Å². The van der Waals surface area contributed by atoms with Crippen LogP contribution in [0.2, 0.25) is 0 Å². The second kappa shape index (κ2) is 13.2. The van der Waals surface area contributed by atoms with E-state index in [0.29, 0.717) is 22.3 Å². The zero-order chi connectivity index (χ0) is 44.0. The SMILES string of the molecule is [2H]c1c([2H])c([2H])c2c(-c3ccc4cc(-c5ccc(-c6c7ccccc7c(-c7ccccc7)c7ccccc67)cc5)ccc4c3)c3c([2H])c([2H])c([2H])c([2H])c3c(-c3ccccc3)c2c1[2H]. The highest BCUT2D eigenvalue weighted by molar-refractivity contribution is 6.23. The smallest absolute Gasteiger partial charge is 0.0622 e. The normalized spacial score (nSPS) is 13.6. The Bertz CT molecular complexity index is 3590. The molecule has 0 aliphatic rings. The quantitative estimate of drug-likeness (QED) is 0.156. The summed E-state index contributed by atoms with van der Waals surface area (Å²) in [6.07, 6.45) is 0. The fraction of sp³-hybridized carbons (Fsp3) is 0. The third kappa shape index (κ3) is 5.22. The number of benzene rings is 11. The summed E-state index contributed by atoms with van der Waals surface area (Å²) in [4.78, 5) is 0. The molecule has 260 valence electrons. The van der Waals surface area contributed by atoms with Crippen molar-refractivity contribution in [2.24, 2.45) is 0 Å². The van der Waals surface area contributed by atoms with E-state index in [4.69, 9.17) is 5.48 Å². The van der Waals surface area contributed by atoms with Crippen molar-refractivity contribution in [2.75, 3.05) is 0 Å². The van der Waals surface area contributed by atoms with Gasteiger partial charge in [-0.2, -0.15) is 0 Å². The molecule has 11 aromatic carbocycles. The van der Waals surface area contributed by atoms with Crippen molar-refractivity contribution in [1.29, 1.82) is 0 Å². The number of hydrogen-bond donors (Lipinski definition) is 0. The van der Waals surface area contributed by atoms with E-state index >= 15 is 0 Å². The third-order valence-corrected chi connectivity index (χ3v) is 11.1. The van der Waals surface area contributed by atoms with Gasteiger partial charge < -0.3 is 0 Å². The van der Waals surface area contributed by atoms with Crippen LogP contribution in [0.5, 0.6) is 0 Å². The van der Waals surface area contributed by atoms with Crippen LogP contribution in [-0.2, 0) is 0 Å². The van der Waals surface area contributed by atoms with E-state index < -0.39 is 24.2 Å². The molecule has 0 atom stereocenters. The lowest BCUT2D eigenvalue weighted by atomic mass is 9.85. The predicted molar refractivity (Wildman–Crippen MR) is 241 cm³/mol. The lowest BCUT2D eigenvalue weighted by molar-refractivity contribution is 1.62. The molecule has 0 N–H and O–H groups in total. The fourth-order valence-corrected chi connectivity index (χ4v) is 8.57. The first-order chi connectivity index (χ1) is 31.1.